The zero-order valence-corrected chi connectivity index (χ0v) is 26.3. The third-order valence-electron chi connectivity index (χ3n) is 9.61. The average molecular weight is 575 g/mol. The zero-order valence-electron chi connectivity index (χ0n) is 25.4. The van der Waals surface area contributed by atoms with E-state index in [1.54, 1.807) is 21.3 Å². The Kier molecular flexibility index (Phi) is 8.02. The lowest BCUT2D eigenvalue weighted by Gasteiger charge is -2.51. The van der Waals surface area contributed by atoms with Gasteiger partial charge in [0.1, 0.15) is 22.9 Å². The van der Waals surface area contributed by atoms with Crippen molar-refractivity contribution in [3.63, 3.8) is 0 Å². The summed E-state index contributed by atoms with van der Waals surface area (Å²) in [7, 11) is 1.62. The minimum Gasteiger partial charge on any atom is -0.496 e. The maximum Gasteiger partial charge on any atom is 0.173 e. The van der Waals surface area contributed by atoms with E-state index in [-0.39, 0.29) is 5.41 Å². The number of allylic oxidation sites excluding steroid dienone is 1. The lowest BCUT2D eigenvalue weighted by Crippen LogP contribution is -2.53. The molecular formula is C35H43O5P. The second-order valence-corrected chi connectivity index (χ2v) is 14.8. The van der Waals surface area contributed by atoms with Crippen LogP contribution in [0.1, 0.15) is 69.6 Å². The van der Waals surface area contributed by atoms with Gasteiger partial charge in [0.25, 0.3) is 0 Å². The van der Waals surface area contributed by atoms with Gasteiger partial charge in [0.05, 0.1) is 14.2 Å². The molecule has 3 atom stereocenters. The third kappa shape index (κ3) is 4.49. The molecule has 0 amide bonds. The number of rotatable bonds is 8. The summed E-state index contributed by atoms with van der Waals surface area (Å²) < 4.78 is 33.6. The smallest absolute Gasteiger partial charge is 0.173 e. The molecule has 2 aliphatic carbocycles. The van der Waals surface area contributed by atoms with Gasteiger partial charge in [-0.15, -0.1) is 0 Å². The summed E-state index contributed by atoms with van der Waals surface area (Å²) in [5.41, 5.74) is 3.73. The van der Waals surface area contributed by atoms with E-state index in [9.17, 15) is 5.11 Å². The van der Waals surface area contributed by atoms with Crippen LogP contribution in [0.25, 0.3) is 0 Å². The minimum atomic E-state index is -3.44. The van der Waals surface area contributed by atoms with Crippen molar-refractivity contribution in [1.29, 1.82) is 0 Å². The summed E-state index contributed by atoms with van der Waals surface area (Å²) in [4.78, 5) is 0. The second-order valence-electron chi connectivity index (χ2n) is 12.0. The largest absolute Gasteiger partial charge is 0.496 e. The van der Waals surface area contributed by atoms with Gasteiger partial charge >= 0.3 is 0 Å². The molecular weight excluding hydrogens is 531 g/mol. The lowest BCUT2D eigenvalue weighted by molar-refractivity contribution is -0.0438. The fraction of sp³-hybridized carbons (Fsp3) is 0.429. The number of fused-ring (bicyclic) bond motifs is 3. The van der Waals surface area contributed by atoms with E-state index in [1.165, 1.54) is 11.1 Å². The Morgan fingerprint density at radius 1 is 0.878 bits per heavy atom. The highest BCUT2D eigenvalue weighted by Crippen LogP contribution is 2.62. The molecule has 3 aromatic carbocycles. The Morgan fingerprint density at radius 2 is 1.46 bits per heavy atom. The quantitative estimate of drug-likeness (QED) is 0.235. The minimum absolute atomic E-state index is 0.291. The third-order valence-corrected chi connectivity index (χ3v) is 13.0. The summed E-state index contributed by atoms with van der Waals surface area (Å²) in [6.45, 7) is 8.62. The van der Waals surface area contributed by atoms with Gasteiger partial charge in [0.2, 0.25) is 0 Å². The summed E-state index contributed by atoms with van der Waals surface area (Å²) in [6.07, 6.45) is 2.61. The molecule has 3 unspecified atom stereocenters. The highest BCUT2D eigenvalue weighted by molar-refractivity contribution is 7.79. The van der Waals surface area contributed by atoms with Crippen molar-refractivity contribution < 1.29 is 23.9 Å². The predicted molar refractivity (Wildman–Crippen MR) is 167 cm³/mol. The molecule has 2 aliphatic rings. The van der Waals surface area contributed by atoms with E-state index in [4.69, 9.17) is 14.2 Å². The monoisotopic (exact) mass is 574 g/mol. The van der Waals surface area contributed by atoms with Gasteiger partial charge in [-0.1, -0.05) is 87.0 Å². The normalized spacial score (nSPS) is 23.1. The molecule has 0 spiro atoms. The van der Waals surface area contributed by atoms with Crippen LogP contribution < -0.4 is 20.1 Å². The first kappa shape index (κ1) is 29.6. The molecule has 0 saturated heterocycles. The standard InChI is InChI=1S/C35H43O5P/c1-23(2)28-22-30(38-5)31-27(32(28)39-6)18-19-29-24(3)35(36,21-20-34(29,31)4)33(40-7)41(37,25-14-10-8-11-15-25)26-16-12-9-13-17-26/h8-17,22-23,33,36H,18-21H2,1-7H3. The summed E-state index contributed by atoms with van der Waals surface area (Å²) in [6, 6.07) is 21.1. The Labute approximate surface area is 244 Å². The molecule has 0 heterocycles. The van der Waals surface area contributed by atoms with E-state index in [1.807, 2.05) is 67.6 Å². The number of aliphatic hydroxyl groups is 1. The topological polar surface area (TPSA) is 65.0 Å². The van der Waals surface area contributed by atoms with Gasteiger partial charge in [-0.2, -0.15) is 0 Å². The summed E-state index contributed by atoms with van der Waals surface area (Å²) in [5, 5.41) is 14.1. The first-order chi connectivity index (χ1) is 19.6. The number of benzene rings is 3. The fourth-order valence-corrected chi connectivity index (χ4v) is 10.8. The van der Waals surface area contributed by atoms with Crippen molar-refractivity contribution in [1.82, 2.24) is 0 Å². The number of hydrogen-bond acceptors (Lipinski definition) is 5. The molecule has 0 fully saturated rings. The molecule has 5 nitrogen and oxygen atoms in total. The molecule has 218 valence electrons. The second kappa shape index (κ2) is 11.1. The molecule has 0 aromatic heterocycles. The van der Waals surface area contributed by atoms with Crippen LogP contribution in [0.5, 0.6) is 11.5 Å². The van der Waals surface area contributed by atoms with E-state index in [0.29, 0.717) is 29.4 Å². The number of ether oxygens (including phenoxy) is 3. The number of hydrogen-bond donors (Lipinski definition) is 1. The Bertz CT molecular complexity index is 1450. The van der Waals surface area contributed by atoms with Crippen molar-refractivity contribution >= 4 is 17.8 Å². The maximum atomic E-state index is 15.4. The van der Waals surface area contributed by atoms with E-state index in [0.717, 1.165) is 41.0 Å². The van der Waals surface area contributed by atoms with E-state index in [2.05, 4.69) is 26.8 Å². The van der Waals surface area contributed by atoms with Crippen LogP contribution in [0.3, 0.4) is 0 Å². The Balaban J connectivity index is 1.71. The molecule has 0 radical (unpaired) electrons. The van der Waals surface area contributed by atoms with Gasteiger partial charge in [0.15, 0.2) is 7.14 Å². The Morgan fingerprint density at radius 3 is 1.95 bits per heavy atom. The van der Waals surface area contributed by atoms with Crippen LogP contribution in [-0.4, -0.2) is 37.9 Å². The van der Waals surface area contributed by atoms with Crippen LogP contribution in [0.4, 0.5) is 0 Å². The van der Waals surface area contributed by atoms with Crippen LogP contribution >= 0.6 is 7.14 Å². The van der Waals surface area contributed by atoms with Gasteiger partial charge < -0.3 is 23.9 Å². The molecule has 1 N–H and O–H groups in total. The molecule has 0 bridgehead atoms. The maximum absolute atomic E-state index is 15.4. The van der Waals surface area contributed by atoms with E-state index < -0.39 is 18.6 Å². The average Bonchev–Trinajstić information content (AvgIpc) is 2.99. The van der Waals surface area contributed by atoms with Crippen molar-refractivity contribution in [2.75, 3.05) is 21.3 Å². The SMILES string of the molecule is COc1cc(C(C)C)c(OC)c2c1C1(C)CCC(O)(C(OC)P(=O)(c3ccccc3)c3ccccc3)C(C)=C1CC2. The van der Waals surface area contributed by atoms with Crippen molar-refractivity contribution in [2.24, 2.45) is 0 Å². The molecule has 3 aromatic rings. The number of methoxy groups -OCH3 is 3. The van der Waals surface area contributed by atoms with Gasteiger partial charge in [-0.05, 0) is 50.2 Å². The molecule has 0 aliphatic heterocycles. The van der Waals surface area contributed by atoms with E-state index >= 15 is 4.57 Å². The summed E-state index contributed by atoms with van der Waals surface area (Å²) >= 11 is 0. The first-order valence-electron chi connectivity index (χ1n) is 14.5. The van der Waals surface area contributed by atoms with Gasteiger partial charge in [-0.3, -0.25) is 0 Å². The molecule has 41 heavy (non-hydrogen) atoms. The molecule has 6 heteroatoms. The fourth-order valence-electron chi connectivity index (χ4n) is 7.50. The zero-order chi connectivity index (χ0) is 29.6. The van der Waals surface area contributed by atoms with Gasteiger partial charge in [0, 0.05) is 39.8 Å². The summed E-state index contributed by atoms with van der Waals surface area (Å²) in [5.74, 6) is 1.16. The molecule has 0 saturated carbocycles. The van der Waals surface area contributed by atoms with Crippen LogP contribution in [-0.2, 0) is 21.1 Å². The lowest BCUT2D eigenvalue weighted by atomic mass is 9.58. The highest BCUT2D eigenvalue weighted by Gasteiger charge is 2.56. The predicted octanol–water partition coefficient (Wildman–Crippen LogP) is 6.86. The Hall–Kier alpha value is -2.85. The van der Waals surface area contributed by atoms with Crippen molar-refractivity contribution in [2.45, 2.75) is 76.2 Å². The van der Waals surface area contributed by atoms with Gasteiger partial charge in [-0.25, -0.2) is 0 Å². The first-order valence-corrected chi connectivity index (χ1v) is 16.3. The van der Waals surface area contributed by atoms with Crippen molar-refractivity contribution in [3.05, 3.63) is 94.6 Å². The van der Waals surface area contributed by atoms with Crippen molar-refractivity contribution in [3.8, 4) is 11.5 Å². The van der Waals surface area contributed by atoms with Crippen LogP contribution in [0.15, 0.2) is 77.9 Å². The van der Waals surface area contributed by atoms with Crippen LogP contribution in [0.2, 0.25) is 0 Å². The van der Waals surface area contributed by atoms with Crippen LogP contribution in [0, 0.1) is 0 Å². The highest BCUT2D eigenvalue weighted by atomic mass is 31.2. The molecule has 5 rings (SSSR count).